The summed E-state index contributed by atoms with van der Waals surface area (Å²) in [5.41, 5.74) is -1.42. The van der Waals surface area contributed by atoms with Crippen molar-refractivity contribution in [1.82, 2.24) is 5.32 Å². The number of rotatable bonds is 3. The van der Waals surface area contributed by atoms with E-state index in [0.717, 1.165) is 0 Å². The average molecular weight is 233 g/mol. The maximum Gasteiger partial charge on any atom is 0.453 e. The van der Waals surface area contributed by atoms with Gasteiger partial charge in [-0.3, -0.25) is 0 Å². The molecule has 1 fully saturated rings. The third-order valence-electron chi connectivity index (χ3n) is 2.54. The molecule has 0 saturated carbocycles. The van der Waals surface area contributed by atoms with Gasteiger partial charge in [-0.15, -0.1) is 0 Å². The number of alkyl halides is 5. The van der Waals surface area contributed by atoms with E-state index < -0.39 is 30.5 Å². The number of aliphatic hydroxyl groups is 1. The first kappa shape index (κ1) is 12.6. The van der Waals surface area contributed by atoms with E-state index in [-0.39, 0.29) is 13.0 Å². The van der Waals surface area contributed by atoms with Gasteiger partial charge in [0.25, 0.3) is 0 Å². The standard InChI is InChI=1S/C8H12F5NO/c9-7(10,8(11,12)13)2-1-6(15)3-4-14-5-6/h14-15H,1-5H2. The van der Waals surface area contributed by atoms with Crippen molar-refractivity contribution in [3.05, 3.63) is 0 Å². The SMILES string of the molecule is OC1(CCC(F)(F)C(F)(F)F)CCNC1. The summed E-state index contributed by atoms with van der Waals surface area (Å²) in [5.74, 6) is -4.72. The Labute approximate surface area is 83.5 Å². The minimum atomic E-state index is -5.53. The van der Waals surface area contributed by atoms with Crippen molar-refractivity contribution in [2.45, 2.75) is 37.0 Å². The summed E-state index contributed by atoms with van der Waals surface area (Å²) in [6, 6.07) is 0. The third-order valence-corrected chi connectivity index (χ3v) is 2.54. The summed E-state index contributed by atoms with van der Waals surface area (Å²) in [5, 5.41) is 12.3. The number of β-amino-alcohol motifs (C(OH)–C–C–N with tert-alkyl or cyclic N) is 1. The zero-order chi connectivity index (χ0) is 11.7. The largest absolute Gasteiger partial charge is 0.453 e. The molecule has 0 aromatic heterocycles. The van der Waals surface area contributed by atoms with E-state index in [4.69, 9.17) is 0 Å². The van der Waals surface area contributed by atoms with Gasteiger partial charge in [0.05, 0.1) is 5.60 Å². The van der Waals surface area contributed by atoms with E-state index in [2.05, 4.69) is 5.32 Å². The molecule has 2 N–H and O–H groups in total. The molecule has 1 saturated heterocycles. The number of hydrogen-bond donors (Lipinski definition) is 2. The Kier molecular flexibility index (Phi) is 3.25. The van der Waals surface area contributed by atoms with Gasteiger partial charge in [0.1, 0.15) is 0 Å². The van der Waals surface area contributed by atoms with Crippen molar-refractivity contribution in [1.29, 1.82) is 0 Å². The lowest BCUT2D eigenvalue weighted by atomic mass is 9.94. The zero-order valence-electron chi connectivity index (χ0n) is 7.87. The van der Waals surface area contributed by atoms with Crippen LogP contribution in [0.4, 0.5) is 22.0 Å². The van der Waals surface area contributed by atoms with Gasteiger partial charge in [0, 0.05) is 13.0 Å². The monoisotopic (exact) mass is 233 g/mol. The number of nitrogens with one attached hydrogen (secondary N) is 1. The predicted octanol–water partition coefficient (Wildman–Crippen LogP) is 1.69. The highest BCUT2D eigenvalue weighted by Gasteiger charge is 2.57. The first-order chi connectivity index (χ1) is 6.66. The van der Waals surface area contributed by atoms with Crippen molar-refractivity contribution in [2.75, 3.05) is 13.1 Å². The summed E-state index contributed by atoms with van der Waals surface area (Å²) >= 11 is 0. The Bertz CT molecular complexity index is 222. The normalized spacial score (nSPS) is 28.4. The minimum Gasteiger partial charge on any atom is -0.389 e. The summed E-state index contributed by atoms with van der Waals surface area (Å²) < 4.78 is 60.3. The molecule has 0 bridgehead atoms. The summed E-state index contributed by atoms with van der Waals surface area (Å²) in [7, 11) is 0. The average Bonchev–Trinajstić information content (AvgIpc) is 2.48. The van der Waals surface area contributed by atoms with Crippen molar-refractivity contribution in [2.24, 2.45) is 0 Å². The Hall–Kier alpha value is -0.430. The summed E-state index contributed by atoms with van der Waals surface area (Å²) in [4.78, 5) is 0. The first-order valence-electron chi connectivity index (χ1n) is 4.54. The molecule has 0 aromatic rings. The molecule has 0 aliphatic carbocycles. The smallest absolute Gasteiger partial charge is 0.389 e. The van der Waals surface area contributed by atoms with Gasteiger partial charge in [-0.25, -0.2) is 0 Å². The maximum absolute atomic E-state index is 12.5. The predicted molar refractivity (Wildman–Crippen MR) is 42.7 cm³/mol. The molecule has 15 heavy (non-hydrogen) atoms. The van der Waals surface area contributed by atoms with Gasteiger partial charge >= 0.3 is 12.1 Å². The van der Waals surface area contributed by atoms with Crippen LogP contribution >= 0.6 is 0 Å². The molecule has 1 aliphatic heterocycles. The Morgan fingerprint density at radius 2 is 1.80 bits per heavy atom. The molecule has 1 rings (SSSR count). The lowest BCUT2D eigenvalue weighted by molar-refractivity contribution is -0.286. The molecule has 0 amide bonds. The van der Waals surface area contributed by atoms with Gasteiger partial charge in [-0.1, -0.05) is 0 Å². The van der Waals surface area contributed by atoms with Crippen LogP contribution in [0, 0.1) is 0 Å². The molecule has 1 heterocycles. The Morgan fingerprint density at radius 3 is 2.20 bits per heavy atom. The van der Waals surface area contributed by atoms with Crippen molar-refractivity contribution < 1.29 is 27.1 Å². The minimum absolute atomic E-state index is 0.0704. The van der Waals surface area contributed by atoms with Crippen LogP contribution in [-0.4, -0.2) is 35.9 Å². The van der Waals surface area contributed by atoms with Crippen LogP contribution in [0.2, 0.25) is 0 Å². The van der Waals surface area contributed by atoms with Crippen LogP contribution < -0.4 is 5.32 Å². The molecular weight excluding hydrogens is 221 g/mol. The van der Waals surface area contributed by atoms with Gasteiger partial charge in [0.15, 0.2) is 0 Å². The van der Waals surface area contributed by atoms with Crippen LogP contribution in [0.3, 0.4) is 0 Å². The van der Waals surface area contributed by atoms with E-state index in [1.807, 2.05) is 0 Å². The van der Waals surface area contributed by atoms with Crippen LogP contribution in [-0.2, 0) is 0 Å². The fraction of sp³-hybridized carbons (Fsp3) is 1.00. The highest BCUT2D eigenvalue weighted by molar-refractivity contribution is 4.90. The van der Waals surface area contributed by atoms with Crippen LogP contribution in [0.25, 0.3) is 0 Å². The lowest BCUT2D eigenvalue weighted by Crippen LogP contribution is -2.40. The van der Waals surface area contributed by atoms with Gasteiger partial charge in [-0.2, -0.15) is 22.0 Å². The molecule has 0 aromatic carbocycles. The fourth-order valence-corrected chi connectivity index (χ4v) is 1.48. The second-order valence-electron chi connectivity index (χ2n) is 3.85. The quantitative estimate of drug-likeness (QED) is 0.727. The molecule has 1 aliphatic rings. The summed E-state index contributed by atoms with van der Waals surface area (Å²) in [6.45, 7) is 0.509. The Morgan fingerprint density at radius 1 is 1.20 bits per heavy atom. The first-order valence-corrected chi connectivity index (χ1v) is 4.54. The topological polar surface area (TPSA) is 32.3 Å². The number of halogens is 5. The van der Waals surface area contributed by atoms with Crippen LogP contribution in [0.15, 0.2) is 0 Å². The molecule has 0 radical (unpaired) electrons. The van der Waals surface area contributed by atoms with E-state index in [1.54, 1.807) is 0 Å². The highest BCUT2D eigenvalue weighted by Crippen LogP contribution is 2.40. The van der Waals surface area contributed by atoms with Crippen LogP contribution in [0.5, 0.6) is 0 Å². The van der Waals surface area contributed by atoms with Gasteiger partial charge < -0.3 is 10.4 Å². The molecule has 1 unspecified atom stereocenters. The summed E-state index contributed by atoms with van der Waals surface area (Å²) in [6.07, 6.45) is -7.24. The van der Waals surface area contributed by atoms with Crippen molar-refractivity contribution in [3.8, 4) is 0 Å². The fourth-order valence-electron chi connectivity index (χ4n) is 1.48. The van der Waals surface area contributed by atoms with E-state index in [9.17, 15) is 27.1 Å². The van der Waals surface area contributed by atoms with Crippen molar-refractivity contribution >= 4 is 0 Å². The molecule has 90 valence electrons. The lowest BCUT2D eigenvalue weighted by Gasteiger charge is -2.25. The van der Waals surface area contributed by atoms with Crippen LogP contribution in [0.1, 0.15) is 19.3 Å². The van der Waals surface area contributed by atoms with Crippen molar-refractivity contribution in [3.63, 3.8) is 0 Å². The molecular formula is C8H12F5NO. The second-order valence-corrected chi connectivity index (χ2v) is 3.85. The van der Waals surface area contributed by atoms with E-state index >= 15 is 0 Å². The van der Waals surface area contributed by atoms with Gasteiger partial charge in [-0.05, 0) is 19.4 Å². The molecule has 2 nitrogen and oxygen atoms in total. The maximum atomic E-state index is 12.5. The molecule has 1 atom stereocenters. The van der Waals surface area contributed by atoms with E-state index in [1.165, 1.54) is 0 Å². The second kappa shape index (κ2) is 3.86. The molecule has 0 spiro atoms. The zero-order valence-corrected chi connectivity index (χ0v) is 7.87. The van der Waals surface area contributed by atoms with Gasteiger partial charge in [0.2, 0.25) is 0 Å². The third kappa shape index (κ3) is 3.01. The molecule has 7 heteroatoms. The Balaban J connectivity index is 2.49. The highest BCUT2D eigenvalue weighted by atomic mass is 19.4. The van der Waals surface area contributed by atoms with E-state index in [0.29, 0.717) is 6.54 Å². The number of hydrogen-bond acceptors (Lipinski definition) is 2.